The van der Waals surface area contributed by atoms with Crippen molar-refractivity contribution >= 4 is 0 Å². The topological polar surface area (TPSA) is 12.0 Å². The summed E-state index contributed by atoms with van der Waals surface area (Å²) in [7, 11) is 0. The highest BCUT2D eigenvalue weighted by Crippen LogP contribution is 2.52. The van der Waals surface area contributed by atoms with Crippen LogP contribution in [-0.2, 0) is 0 Å². The highest BCUT2D eigenvalue weighted by atomic mass is 14.8. The monoisotopic (exact) mass is 307 g/mol. The van der Waals surface area contributed by atoms with E-state index < -0.39 is 0 Å². The molecule has 22 heavy (non-hydrogen) atoms. The van der Waals surface area contributed by atoms with E-state index in [1.807, 2.05) is 0 Å². The number of rotatable bonds is 12. The fourth-order valence-electron chi connectivity index (χ4n) is 3.91. The Morgan fingerprint density at radius 1 is 1.14 bits per heavy atom. The van der Waals surface area contributed by atoms with Crippen LogP contribution in [0.15, 0.2) is 12.2 Å². The van der Waals surface area contributed by atoms with Crippen LogP contribution in [0, 0.1) is 23.2 Å². The van der Waals surface area contributed by atoms with Gasteiger partial charge in [-0.25, -0.2) is 0 Å². The predicted octanol–water partition coefficient (Wildman–Crippen LogP) is 6.20. The van der Waals surface area contributed by atoms with Gasteiger partial charge in [-0.2, -0.15) is 0 Å². The third-order valence-electron chi connectivity index (χ3n) is 6.65. The summed E-state index contributed by atoms with van der Waals surface area (Å²) in [5.41, 5.74) is 2.03. The number of nitrogens with one attached hydrogen (secondary N) is 1. The van der Waals surface area contributed by atoms with E-state index in [0.717, 1.165) is 24.9 Å². The summed E-state index contributed by atoms with van der Waals surface area (Å²) >= 11 is 0. The third kappa shape index (κ3) is 5.41. The Morgan fingerprint density at radius 2 is 1.82 bits per heavy atom. The second-order valence-corrected chi connectivity index (χ2v) is 8.03. The molecular formula is C21H41N. The van der Waals surface area contributed by atoms with Gasteiger partial charge in [0.25, 0.3) is 0 Å². The fourth-order valence-corrected chi connectivity index (χ4v) is 3.91. The van der Waals surface area contributed by atoms with E-state index in [0.29, 0.717) is 11.3 Å². The van der Waals surface area contributed by atoms with E-state index >= 15 is 0 Å². The minimum atomic E-state index is 0.596. The zero-order valence-corrected chi connectivity index (χ0v) is 16.0. The van der Waals surface area contributed by atoms with E-state index in [1.165, 1.54) is 56.9 Å². The lowest BCUT2D eigenvalue weighted by atomic mass is 9.57. The summed E-state index contributed by atoms with van der Waals surface area (Å²) in [5, 5.41) is 3.65. The average molecular weight is 308 g/mol. The first-order chi connectivity index (χ1) is 10.5. The molecule has 0 heterocycles. The lowest BCUT2D eigenvalue weighted by molar-refractivity contribution is 0.0624. The van der Waals surface area contributed by atoms with Crippen molar-refractivity contribution in [1.82, 2.24) is 5.32 Å². The minimum Gasteiger partial charge on any atom is -0.313 e. The number of hydrogen-bond acceptors (Lipinski definition) is 1. The normalized spacial score (nSPS) is 21.0. The molecule has 0 amide bonds. The zero-order chi connectivity index (χ0) is 16.6. The molecule has 3 atom stereocenters. The third-order valence-corrected chi connectivity index (χ3v) is 6.65. The van der Waals surface area contributed by atoms with Crippen molar-refractivity contribution in [3.63, 3.8) is 0 Å². The lowest BCUT2D eigenvalue weighted by Crippen LogP contribution is -2.38. The van der Waals surface area contributed by atoms with Crippen LogP contribution in [0.2, 0.25) is 0 Å². The molecule has 0 spiro atoms. The quantitative estimate of drug-likeness (QED) is 0.334. The summed E-state index contributed by atoms with van der Waals surface area (Å²) in [5.74, 6) is 2.36. The maximum absolute atomic E-state index is 4.42. The van der Waals surface area contributed by atoms with Crippen molar-refractivity contribution in [2.24, 2.45) is 23.2 Å². The van der Waals surface area contributed by atoms with Gasteiger partial charge in [-0.3, -0.25) is 0 Å². The summed E-state index contributed by atoms with van der Waals surface area (Å²) in [6, 6.07) is 0. The average Bonchev–Trinajstić information content (AvgIpc) is 2.48. The first-order valence-corrected chi connectivity index (χ1v) is 9.85. The van der Waals surface area contributed by atoms with Crippen molar-refractivity contribution < 1.29 is 0 Å². The Morgan fingerprint density at radius 3 is 2.32 bits per heavy atom. The smallest absolute Gasteiger partial charge is 0.0164 e. The molecule has 1 saturated carbocycles. The Balaban J connectivity index is 2.29. The van der Waals surface area contributed by atoms with Crippen molar-refractivity contribution in [1.29, 1.82) is 0 Å². The van der Waals surface area contributed by atoms with Gasteiger partial charge in [0.15, 0.2) is 0 Å². The van der Waals surface area contributed by atoms with Crippen LogP contribution in [-0.4, -0.2) is 13.1 Å². The zero-order valence-electron chi connectivity index (χ0n) is 16.0. The first kappa shape index (κ1) is 19.7. The molecule has 0 aromatic carbocycles. The van der Waals surface area contributed by atoms with Gasteiger partial charge < -0.3 is 5.32 Å². The van der Waals surface area contributed by atoms with Crippen LogP contribution in [0.4, 0.5) is 0 Å². The Hall–Kier alpha value is -0.300. The molecule has 1 fully saturated rings. The molecule has 1 aliphatic carbocycles. The number of unbranched alkanes of at least 4 members (excludes halogenated alkanes) is 1. The molecule has 0 aromatic heterocycles. The summed E-state index contributed by atoms with van der Waals surface area (Å²) < 4.78 is 0. The van der Waals surface area contributed by atoms with Crippen LogP contribution >= 0.6 is 0 Å². The summed E-state index contributed by atoms with van der Waals surface area (Å²) in [6.45, 7) is 18.4. The SMILES string of the molecule is C=C(CNCCC(C)C(C)CC)C(C)C1(CCCC)CCC1. The molecule has 0 bridgehead atoms. The first-order valence-electron chi connectivity index (χ1n) is 9.85. The van der Waals surface area contributed by atoms with Crippen molar-refractivity contribution in [2.75, 3.05) is 13.1 Å². The van der Waals surface area contributed by atoms with Crippen molar-refractivity contribution in [2.45, 2.75) is 86.0 Å². The largest absolute Gasteiger partial charge is 0.313 e. The van der Waals surface area contributed by atoms with E-state index in [9.17, 15) is 0 Å². The van der Waals surface area contributed by atoms with E-state index in [-0.39, 0.29) is 0 Å². The summed E-state index contributed by atoms with van der Waals surface area (Å²) in [6.07, 6.45) is 11.0. The molecule has 1 rings (SSSR count). The van der Waals surface area contributed by atoms with Crippen LogP contribution in [0.3, 0.4) is 0 Å². The molecule has 0 saturated heterocycles. The highest BCUT2D eigenvalue weighted by molar-refractivity contribution is 5.10. The fraction of sp³-hybridized carbons (Fsp3) is 0.905. The lowest BCUT2D eigenvalue weighted by Gasteiger charge is -2.48. The Labute approximate surface area is 140 Å². The van der Waals surface area contributed by atoms with Crippen LogP contribution in [0.25, 0.3) is 0 Å². The Bertz CT molecular complexity index is 316. The van der Waals surface area contributed by atoms with Crippen LogP contribution < -0.4 is 5.32 Å². The Kier molecular flexibility index (Phi) is 8.75. The number of hydrogen-bond donors (Lipinski definition) is 1. The van der Waals surface area contributed by atoms with Crippen LogP contribution in [0.1, 0.15) is 86.0 Å². The summed E-state index contributed by atoms with van der Waals surface area (Å²) in [4.78, 5) is 0. The molecule has 130 valence electrons. The maximum atomic E-state index is 4.42. The molecular weight excluding hydrogens is 266 g/mol. The van der Waals surface area contributed by atoms with Gasteiger partial charge in [0.1, 0.15) is 0 Å². The molecule has 0 aliphatic heterocycles. The van der Waals surface area contributed by atoms with Crippen molar-refractivity contribution in [3.8, 4) is 0 Å². The van der Waals surface area contributed by atoms with Gasteiger partial charge in [0.2, 0.25) is 0 Å². The van der Waals surface area contributed by atoms with Gasteiger partial charge in [-0.05, 0) is 55.4 Å². The second-order valence-electron chi connectivity index (χ2n) is 8.03. The molecule has 1 N–H and O–H groups in total. The van der Waals surface area contributed by atoms with Gasteiger partial charge in [0.05, 0.1) is 0 Å². The van der Waals surface area contributed by atoms with E-state index in [1.54, 1.807) is 0 Å². The van der Waals surface area contributed by atoms with E-state index in [2.05, 4.69) is 46.5 Å². The van der Waals surface area contributed by atoms with Gasteiger partial charge >= 0.3 is 0 Å². The molecule has 0 aromatic rings. The highest BCUT2D eigenvalue weighted by Gasteiger charge is 2.41. The van der Waals surface area contributed by atoms with Crippen molar-refractivity contribution in [3.05, 3.63) is 12.2 Å². The standard InChI is InChI=1S/C21H41N/c1-7-9-12-21(13-10-14-21)20(6)19(5)16-22-15-11-18(4)17(3)8-2/h17-18,20,22H,5,7-16H2,1-4,6H3. The van der Waals surface area contributed by atoms with Crippen LogP contribution in [0.5, 0.6) is 0 Å². The van der Waals surface area contributed by atoms with Gasteiger partial charge in [0, 0.05) is 6.54 Å². The molecule has 1 heteroatoms. The minimum absolute atomic E-state index is 0.596. The van der Waals surface area contributed by atoms with Gasteiger partial charge in [-0.1, -0.05) is 72.5 Å². The molecule has 3 unspecified atom stereocenters. The van der Waals surface area contributed by atoms with Gasteiger partial charge in [-0.15, -0.1) is 0 Å². The predicted molar refractivity (Wildman–Crippen MR) is 100 cm³/mol. The molecule has 1 aliphatic rings. The molecule has 1 nitrogen and oxygen atoms in total. The molecule has 0 radical (unpaired) electrons. The van der Waals surface area contributed by atoms with E-state index in [4.69, 9.17) is 0 Å². The second kappa shape index (κ2) is 9.75. The maximum Gasteiger partial charge on any atom is 0.0164 e.